The van der Waals surface area contributed by atoms with Crippen molar-refractivity contribution in [3.8, 4) is 0 Å². The van der Waals surface area contributed by atoms with Crippen molar-refractivity contribution in [3.63, 3.8) is 0 Å². The summed E-state index contributed by atoms with van der Waals surface area (Å²) in [5, 5.41) is 8.76. The van der Waals surface area contributed by atoms with Gasteiger partial charge in [-0.25, -0.2) is 4.98 Å². The molecule has 0 bridgehead atoms. The zero-order valence-corrected chi connectivity index (χ0v) is 18.7. The molecular formula is C19H28IN7. The lowest BCUT2D eigenvalue weighted by Crippen LogP contribution is -2.39. The predicted molar refractivity (Wildman–Crippen MR) is 121 cm³/mol. The standard InChI is InChI=1S/C19H27N7.HI/c1-5-20-19(25(3)12-17-23-13-24-26(17)4)21-10-9-15-11-22-18-14(2)7-6-8-16(15)18;/h6-8,11,13,22H,5,9-10,12H2,1-4H3,(H,20,21);1H. The molecule has 27 heavy (non-hydrogen) atoms. The maximum atomic E-state index is 4.79. The largest absolute Gasteiger partial charge is 0.361 e. The van der Waals surface area contributed by atoms with Crippen LogP contribution in [-0.4, -0.2) is 50.7 Å². The second-order valence-corrected chi connectivity index (χ2v) is 6.45. The SMILES string of the molecule is CCNC(=NCCc1c[nH]c2c(C)cccc12)N(C)Cc1ncnn1C.I. The van der Waals surface area contributed by atoms with Crippen LogP contribution in [-0.2, 0) is 20.0 Å². The summed E-state index contributed by atoms with van der Waals surface area (Å²) in [6, 6.07) is 6.41. The second-order valence-electron chi connectivity index (χ2n) is 6.45. The summed E-state index contributed by atoms with van der Waals surface area (Å²) < 4.78 is 1.79. The minimum Gasteiger partial charge on any atom is -0.361 e. The molecule has 0 spiro atoms. The molecule has 1 aromatic carbocycles. The molecule has 0 aliphatic heterocycles. The van der Waals surface area contributed by atoms with Gasteiger partial charge in [0.15, 0.2) is 5.96 Å². The van der Waals surface area contributed by atoms with E-state index in [1.807, 2.05) is 14.1 Å². The summed E-state index contributed by atoms with van der Waals surface area (Å²) in [5.41, 5.74) is 3.80. The molecule has 2 N–H and O–H groups in total. The number of hydrogen-bond acceptors (Lipinski definition) is 3. The Bertz CT molecular complexity index is 896. The molecule has 0 unspecified atom stereocenters. The number of fused-ring (bicyclic) bond motifs is 1. The van der Waals surface area contributed by atoms with E-state index in [1.54, 1.807) is 11.0 Å². The van der Waals surface area contributed by atoms with E-state index in [2.05, 4.69) is 63.5 Å². The number of aromatic nitrogens is 4. The fraction of sp³-hybridized carbons (Fsp3) is 0.421. The van der Waals surface area contributed by atoms with Crippen LogP contribution in [0.2, 0.25) is 0 Å². The fourth-order valence-corrected chi connectivity index (χ4v) is 3.07. The van der Waals surface area contributed by atoms with Crippen LogP contribution in [0.3, 0.4) is 0 Å². The van der Waals surface area contributed by atoms with E-state index in [9.17, 15) is 0 Å². The average Bonchev–Trinajstić information content (AvgIpc) is 3.22. The molecule has 0 aliphatic carbocycles. The zero-order valence-electron chi connectivity index (χ0n) is 16.4. The molecule has 0 fully saturated rings. The van der Waals surface area contributed by atoms with Gasteiger partial charge in [-0.05, 0) is 31.4 Å². The summed E-state index contributed by atoms with van der Waals surface area (Å²) in [6.45, 7) is 6.43. The van der Waals surface area contributed by atoms with Gasteiger partial charge in [0.1, 0.15) is 12.2 Å². The highest BCUT2D eigenvalue weighted by Crippen LogP contribution is 2.21. The number of halogens is 1. The minimum absolute atomic E-state index is 0. The molecule has 3 aromatic rings. The van der Waals surface area contributed by atoms with E-state index in [1.165, 1.54) is 22.0 Å². The average molecular weight is 481 g/mol. The summed E-state index contributed by atoms with van der Waals surface area (Å²) in [7, 11) is 3.92. The van der Waals surface area contributed by atoms with Gasteiger partial charge in [-0.1, -0.05) is 18.2 Å². The molecule has 0 radical (unpaired) electrons. The molecule has 0 saturated carbocycles. The number of nitrogens with zero attached hydrogens (tertiary/aromatic N) is 5. The lowest BCUT2D eigenvalue weighted by Gasteiger charge is -2.21. The van der Waals surface area contributed by atoms with Gasteiger partial charge in [0.25, 0.3) is 0 Å². The Morgan fingerprint density at radius 2 is 2.19 bits per heavy atom. The van der Waals surface area contributed by atoms with Gasteiger partial charge >= 0.3 is 0 Å². The molecule has 3 rings (SSSR count). The van der Waals surface area contributed by atoms with Crippen LogP contribution in [0, 0.1) is 6.92 Å². The van der Waals surface area contributed by atoms with E-state index < -0.39 is 0 Å². The van der Waals surface area contributed by atoms with Gasteiger partial charge in [0.2, 0.25) is 0 Å². The van der Waals surface area contributed by atoms with Crippen LogP contribution in [0.4, 0.5) is 0 Å². The van der Waals surface area contributed by atoms with Crippen molar-refractivity contribution in [2.75, 3.05) is 20.1 Å². The molecule has 0 saturated heterocycles. The molecule has 0 amide bonds. The van der Waals surface area contributed by atoms with Gasteiger partial charge in [-0.3, -0.25) is 9.67 Å². The van der Waals surface area contributed by atoms with Crippen LogP contribution >= 0.6 is 24.0 Å². The highest BCUT2D eigenvalue weighted by atomic mass is 127. The zero-order chi connectivity index (χ0) is 18.5. The Hall–Kier alpha value is -2.10. The van der Waals surface area contributed by atoms with Crippen molar-refractivity contribution in [3.05, 3.63) is 47.7 Å². The highest BCUT2D eigenvalue weighted by molar-refractivity contribution is 14.0. The highest BCUT2D eigenvalue weighted by Gasteiger charge is 2.10. The van der Waals surface area contributed by atoms with Gasteiger partial charge in [0.05, 0.1) is 6.54 Å². The number of nitrogens with one attached hydrogen (secondary N) is 2. The Labute approximate surface area is 177 Å². The molecule has 2 heterocycles. The maximum Gasteiger partial charge on any atom is 0.194 e. The first-order valence-electron chi connectivity index (χ1n) is 8.98. The van der Waals surface area contributed by atoms with Crippen LogP contribution in [0.15, 0.2) is 35.7 Å². The number of aliphatic imine (C=N–C) groups is 1. The van der Waals surface area contributed by atoms with Crippen molar-refractivity contribution < 1.29 is 0 Å². The number of guanidine groups is 1. The van der Waals surface area contributed by atoms with Crippen molar-refractivity contribution >= 4 is 40.8 Å². The number of aryl methyl sites for hydroxylation is 2. The number of para-hydroxylation sites is 1. The number of hydrogen-bond donors (Lipinski definition) is 2. The van der Waals surface area contributed by atoms with E-state index in [0.29, 0.717) is 6.54 Å². The summed E-state index contributed by atoms with van der Waals surface area (Å²) in [4.78, 5) is 14.5. The van der Waals surface area contributed by atoms with Crippen molar-refractivity contribution in [1.82, 2.24) is 30.0 Å². The number of aromatic amines is 1. The molecule has 7 nitrogen and oxygen atoms in total. The molecule has 2 aromatic heterocycles. The van der Waals surface area contributed by atoms with E-state index >= 15 is 0 Å². The monoisotopic (exact) mass is 481 g/mol. The molecule has 8 heteroatoms. The topological polar surface area (TPSA) is 74.1 Å². The van der Waals surface area contributed by atoms with Gasteiger partial charge in [-0.2, -0.15) is 5.10 Å². The Kier molecular flexibility index (Phi) is 7.64. The quantitative estimate of drug-likeness (QED) is 0.323. The molecule has 146 valence electrons. The Morgan fingerprint density at radius 1 is 1.37 bits per heavy atom. The Balaban J connectivity index is 0.00000261. The first kappa shape index (κ1) is 21.2. The van der Waals surface area contributed by atoms with Crippen molar-refractivity contribution in [1.29, 1.82) is 0 Å². The third-order valence-electron chi connectivity index (χ3n) is 4.53. The Morgan fingerprint density at radius 3 is 2.89 bits per heavy atom. The first-order chi connectivity index (χ1) is 12.6. The number of benzene rings is 1. The third-order valence-corrected chi connectivity index (χ3v) is 4.53. The van der Waals surface area contributed by atoms with Gasteiger partial charge in [-0.15, -0.1) is 24.0 Å². The normalized spacial score (nSPS) is 11.5. The summed E-state index contributed by atoms with van der Waals surface area (Å²) >= 11 is 0. The van der Waals surface area contributed by atoms with E-state index in [4.69, 9.17) is 4.99 Å². The lowest BCUT2D eigenvalue weighted by molar-refractivity contribution is 0.449. The smallest absolute Gasteiger partial charge is 0.194 e. The number of H-pyrrole nitrogens is 1. The molecule has 0 atom stereocenters. The third kappa shape index (κ3) is 5.00. The van der Waals surface area contributed by atoms with Crippen LogP contribution in [0.5, 0.6) is 0 Å². The van der Waals surface area contributed by atoms with Crippen molar-refractivity contribution in [2.24, 2.45) is 12.0 Å². The van der Waals surface area contributed by atoms with Gasteiger partial charge in [0, 0.05) is 44.3 Å². The summed E-state index contributed by atoms with van der Waals surface area (Å²) in [6.07, 6.45) is 4.58. The van der Waals surface area contributed by atoms with Crippen molar-refractivity contribution in [2.45, 2.75) is 26.8 Å². The maximum absolute atomic E-state index is 4.79. The fourth-order valence-electron chi connectivity index (χ4n) is 3.07. The minimum atomic E-state index is 0. The summed E-state index contributed by atoms with van der Waals surface area (Å²) in [5.74, 6) is 1.79. The molecular weight excluding hydrogens is 453 g/mol. The first-order valence-corrected chi connectivity index (χ1v) is 8.98. The van der Waals surface area contributed by atoms with E-state index in [-0.39, 0.29) is 24.0 Å². The van der Waals surface area contributed by atoms with Gasteiger partial charge < -0.3 is 15.2 Å². The predicted octanol–water partition coefficient (Wildman–Crippen LogP) is 2.86. The number of rotatable bonds is 6. The lowest BCUT2D eigenvalue weighted by atomic mass is 10.1. The van der Waals surface area contributed by atoms with Crippen LogP contribution < -0.4 is 5.32 Å². The van der Waals surface area contributed by atoms with E-state index in [0.717, 1.165) is 31.3 Å². The second kappa shape index (κ2) is 9.72. The molecule has 0 aliphatic rings. The van der Waals surface area contributed by atoms with Crippen LogP contribution in [0.25, 0.3) is 10.9 Å². The van der Waals surface area contributed by atoms with Crippen LogP contribution in [0.1, 0.15) is 23.9 Å².